The number of aromatic nitrogens is 1. The summed E-state index contributed by atoms with van der Waals surface area (Å²) in [5, 5.41) is 14.7. The highest BCUT2D eigenvalue weighted by atomic mass is 32.2. The minimum Gasteiger partial charge on any atom is -0.478 e. The summed E-state index contributed by atoms with van der Waals surface area (Å²) in [6.07, 6.45) is 0. The molecule has 0 saturated carbocycles. The van der Waals surface area contributed by atoms with E-state index >= 15 is 0 Å². The molecule has 7 nitrogen and oxygen atoms in total. The quantitative estimate of drug-likeness (QED) is 0.316. The van der Waals surface area contributed by atoms with E-state index in [-0.39, 0.29) is 28.6 Å². The summed E-state index contributed by atoms with van der Waals surface area (Å²) in [4.78, 5) is 40.5. The topological polar surface area (TPSA) is 108 Å². The van der Waals surface area contributed by atoms with E-state index in [2.05, 4.69) is 15.6 Å². The van der Waals surface area contributed by atoms with E-state index in [1.807, 2.05) is 0 Å². The molecule has 0 aliphatic heterocycles. The van der Waals surface area contributed by atoms with Crippen LogP contribution in [-0.2, 0) is 4.79 Å². The van der Waals surface area contributed by atoms with Crippen LogP contribution in [-0.4, -0.2) is 33.6 Å². The van der Waals surface area contributed by atoms with Crippen molar-refractivity contribution in [3.63, 3.8) is 0 Å². The molecule has 4 rings (SSSR count). The molecule has 3 N–H and O–H groups in total. The lowest BCUT2D eigenvalue weighted by Gasteiger charge is -2.07. The number of anilines is 2. The molecule has 3 aromatic carbocycles. The molecular formula is C23H16FN3O4S2. The van der Waals surface area contributed by atoms with Crippen LogP contribution in [0.25, 0.3) is 10.2 Å². The van der Waals surface area contributed by atoms with Crippen LogP contribution in [0, 0.1) is 5.82 Å². The molecule has 0 aliphatic rings. The number of rotatable bonds is 7. The summed E-state index contributed by atoms with van der Waals surface area (Å²) in [5.74, 6) is -2.19. The number of nitrogens with one attached hydrogen (secondary N) is 2. The zero-order chi connectivity index (χ0) is 23.4. The Kier molecular flexibility index (Phi) is 6.66. The number of benzene rings is 3. The van der Waals surface area contributed by atoms with Crippen LogP contribution >= 0.6 is 23.1 Å². The van der Waals surface area contributed by atoms with Gasteiger partial charge in [0.1, 0.15) is 5.82 Å². The number of thiazole rings is 1. The molecule has 10 heteroatoms. The minimum absolute atomic E-state index is 0.0674. The Morgan fingerprint density at radius 2 is 1.64 bits per heavy atom. The largest absolute Gasteiger partial charge is 0.478 e. The SMILES string of the molecule is O=C(CSc1nc2ccc(NC(=O)c3ccccc3C(=O)O)cc2s1)Nc1ccc(F)cc1. The second kappa shape index (κ2) is 9.80. The van der Waals surface area contributed by atoms with E-state index in [0.29, 0.717) is 21.2 Å². The maximum absolute atomic E-state index is 13.0. The van der Waals surface area contributed by atoms with Crippen molar-refractivity contribution in [2.45, 2.75) is 4.34 Å². The first kappa shape index (κ1) is 22.4. The van der Waals surface area contributed by atoms with Gasteiger partial charge in [0.25, 0.3) is 5.91 Å². The number of fused-ring (bicyclic) bond motifs is 1. The molecular weight excluding hydrogens is 465 g/mol. The molecule has 33 heavy (non-hydrogen) atoms. The van der Waals surface area contributed by atoms with Crippen LogP contribution in [0.3, 0.4) is 0 Å². The van der Waals surface area contributed by atoms with Gasteiger partial charge in [-0.15, -0.1) is 11.3 Å². The number of carbonyl (C=O) groups excluding carboxylic acids is 2. The Hall–Kier alpha value is -3.76. The molecule has 166 valence electrons. The Morgan fingerprint density at radius 3 is 2.36 bits per heavy atom. The van der Waals surface area contributed by atoms with Crippen molar-refractivity contribution in [1.29, 1.82) is 0 Å². The Labute approximate surface area is 195 Å². The monoisotopic (exact) mass is 481 g/mol. The number of carbonyl (C=O) groups is 3. The third-order valence-electron chi connectivity index (χ3n) is 4.48. The first-order valence-electron chi connectivity index (χ1n) is 9.61. The number of carboxylic acid groups (broad SMARTS) is 1. The van der Waals surface area contributed by atoms with Crippen molar-refractivity contribution in [1.82, 2.24) is 4.98 Å². The molecule has 0 unspecified atom stereocenters. The van der Waals surface area contributed by atoms with Gasteiger partial charge < -0.3 is 15.7 Å². The number of hydrogen-bond acceptors (Lipinski definition) is 6. The third-order valence-corrected chi connectivity index (χ3v) is 6.64. The molecule has 0 bridgehead atoms. The summed E-state index contributed by atoms with van der Waals surface area (Å²) < 4.78 is 14.4. The van der Waals surface area contributed by atoms with Crippen LogP contribution in [0.1, 0.15) is 20.7 Å². The van der Waals surface area contributed by atoms with Gasteiger partial charge in [-0.1, -0.05) is 23.9 Å². The van der Waals surface area contributed by atoms with Crippen molar-refractivity contribution in [2.24, 2.45) is 0 Å². The van der Waals surface area contributed by atoms with Gasteiger partial charge in [-0.2, -0.15) is 0 Å². The van der Waals surface area contributed by atoms with Crippen LogP contribution in [0.15, 0.2) is 71.1 Å². The Bertz CT molecular complexity index is 1360. The average molecular weight is 482 g/mol. The van der Waals surface area contributed by atoms with Crippen LogP contribution in [0.2, 0.25) is 0 Å². The number of carboxylic acids is 1. The van der Waals surface area contributed by atoms with Gasteiger partial charge >= 0.3 is 5.97 Å². The Morgan fingerprint density at radius 1 is 0.939 bits per heavy atom. The fraction of sp³-hybridized carbons (Fsp3) is 0.0435. The predicted octanol–water partition coefficient (Wildman–Crippen LogP) is 5.12. The van der Waals surface area contributed by atoms with E-state index in [1.165, 1.54) is 59.5 Å². The first-order chi connectivity index (χ1) is 15.9. The van der Waals surface area contributed by atoms with Crippen molar-refractivity contribution in [3.05, 3.63) is 83.7 Å². The normalized spacial score (nSPS) is 10.7. The zero-order valence-corrected chi connectivity index (χ0v) is 18.5. The second-order valence-corrected chi connectivity index (χ2v) is 9.06. The van der Waals surface area contributed by atoms with E-state index in [4.69, 9.17) is 0 Å². The second-order valence-electron chi connectivity index (χ2n) is 6.81. The maximum Gasteiger partial charge on any atom is 0.336 e. The van der Waals surface area contributed by atoms with Crippen molar-refractivity contribution in [3.8, 4) is 0 Å². The molecule has 0 saturated heterocycles. The van der Waals surface area contributed by atoms with Crippen LogP contribution in [0.4, 0.5) is 15.8 Å². The summed E-state index contributed by atoms with van der Waals surface area (Å²) >= 11 is 2.64. The molecule has 2 amide bonds. The number of nitrogens with zero attached hydrogens (tertiary/aromatic N) is 1. The summed E-state index contributed by atoms with van der Waals surface area (Å²) in [7, 11) is 0. The third kappa shape index (κ3) is 5.54. The van der Waals surface area contributed by atoms with E-state index in [0.717, 1.165) is 4.70 Å². The lowest BCUT2D eigenvalue weighted by atomic mass is 10.1. The fourth-order valence-corrected chi connectivity index (χ4v) is 4.87. The molecule has 1 aromatic heterocycles. The van der Waals surface area contributed by atoms with Gasteiger partial charge in [-0.3, -0.25) is 9.59 Å². The van der Waals surface area contributed by atoms with Crippen LogP contribution in [0.5, 0.6) is 0 Å². The van der Waals surface area contributed by atoms with Gasteiger partial charge in [0.15, 0.2) is 4.34 Å². The number of halogens is 1. The predicted molar refractivity (Wildman–Crippen MR) is 127 cm³/mol. The summed E-state index contributed by atoms with van der Waals surface area (Å²) in [5.41, 5.74) is 1.72. The van der Waals surface area contributed by atoms with E-state index in [1.54, 1.807) is 30.3 Å². The summed E-state index contributed by atoms with van der Waals surface area (Å²) in [6, 6.07) is 16.7. The smallest absolute Gasteiger partial charge is 0.336 e. The molecule has 0 radical (unpaired) electrons. The molecule has 4 aromatic rings. The maximum atomic E-state index is 13.0. The minimum atomic E-state index is -1.18. The average Bonchev–Trinajstić information content (AvgIpc) is 3.21. The number of hydrogen-bond donors (Lipinski definition) is 3. The standard InChI is InChI=1S/C23H16FN3O4S2/c24-13-5-7-14(8-6-13)25-20(28)12-32-23-27-18-10-9-15(11-19(18)33-23)26-21(29)16-3-1-2-4-17(16)22(30)31/h1-11H,12H2,(H,25,28)(H,26,29)(H,30,31). The van der Waals surface area contributed by atoms with E-state index in [9.17, 15) is 23.9 Å². The first-order valence-corrected chi connectivity index (χ1v) is 11.4. The van der Waals surface area contributed by atoms with Gasteiger partial charge in [0, 0.05) is 11.4 Å². The molecule has 0 aliphatic carbocycles. The van der Waals surface area contributed by atoms with Gasteiger partial charge in [0.05, 0.1) is 27.1 Å². The van der Waals surface area contributed by atoms with Crippen molar-refractivity contribution in [2.75, 3.05) is 16.4 Å². The lowest BCUT2D eigenvalue weighted by Crippen LogP contribution is -2.16. The highest BCUT2D eigenvalue weighted by molar-refractivity contribution is 8.01. The van der Waals surface area contributed by atoms with E-state index < -0.39 is 11.9 Å². The number of amides is 2. The zero-order valence-electron chi connectivity index (χ0n) is 16.9. The number of aromatic carboxylic acids is 1. The van der Waals surface area contributed by atoms with Crippen LogP contribution < -0.4 is 10.6 Å². The Balaban J connectivity index is 1.41. The number of thioether (sulfide) groups is 1. The molecule has 0 fully saturated rings. The molecule has 0 atom stereocenters. The van der Waals surface area contributed by atoms with Crippen molar-refractivity contribution >= 4 is 62.5 Å². The van der Waals surface area contributed by atoms with Crippen molar-refractivity contribution < 1.29 is 23.9 Å². The highest BCUT2D eigenvalue weighted by Crippen LogP contribution is 2.31. The van der Waals surface area contributed by atoms with Gasteiger partial charge in [-0.05, 0) is 54.6 Å². The van der Waals surface area contributed by atoms with Gasteiger partial charge in [-0.25, -0.2) is 14.2 Å². The molecule has 1 heterocycles. The molecule has 0 spiro atoms. The summed E-state index contributed by atoms with van der Waals surface area (Å²) in [6.45, 7) is 0. The fourth-order valence-electron chi connectivity index (χ4n) is 2.97. The highest BCUT2D eigenvalue weighted by Gasteiger charge is 2.16. The van der Waals surface area contributed by atoms with Gasteiger partial charge in [0.2, 0.25) is 5.91 Å². The lowest BCUT2D eigenvalue weighted by molar-refractivity contribution is -0.113.